The van der Waals surface area contributed by atoms with Gasteiger partial charge in [0, 0.05) is 24.4 Å². The Morgan fingerprint density at radius 1 is 1.18 bits per heavy atom. The normalized spacial score (nSPS) is 11.2. The van der Waals surface area contributed by atoms with E-state index in [1.807, 2.05) is 12.1 Å². The van der Waals surface area contributed by atoms with Crippen molar-refractivity contribution >= 4 is 22.5 Å². The molecule has 2 aromatic rings. The summed E-state index contributed by atoms with van der Waals surface area (Å²) in [6, 6.07) is 12.4. The van der Waals surface area contributed by atoms with E-state index >= 15 is 0 Å². The standard InChI is InChI=1S/C14H17ClN2/c1-2-17(10-9-15)11-13-8-7-12-5-3-4-6-14(12)16-13/h3-8H,2,9-11H2,1H3. The lowest BCUT2D eigenvalue weighted by Gasteiger charge is -2.18. The van der Waals surface area contributed by atoms with Crippen molar-refractivity contribution in [3.05, 3.63) is 42.1 Å². The zero-order valence-electron chi connectivity index (χ0n) is 10.1. The number of aromatic nitrogens is 1. The minimum atomic E-state index is 0.668. The van der Waals surface area contributed by atoms with Gasteiger partial charge in [0.2, 0.25) is 0 Å². The largest absolute Gasteiger partial charge is 0.297 e. The third-order valence-corrected chi connectivity index (χ3v) is 3.06. The average molecular weight is 249 g/mol. The molecule has 17 heavy (non-hydrogen) atoms. The highest BCUT2D eigenvalue weighted by atomic mass is 35.5. The molecule has 0 N–H and O–H groups in total. The van der Waals surface area contributed by atoms with Crippen LogP contribution in [0.1, 0.15) is 12.6 Å². The van der Waals surface area contributed by atoms with Gasteiger partial charge < -0.3 is 0 Å². The summed E-state index contributed by atoms with van der Waals surface area (Å²) in [5, 5.41) is 1.19. The number of rotatable bonds is 5. The lowest BCUT2D eigenvalue weighted by atomic mass is 10.2. The average Bonchev–Trinajstić information content (AvgIpc) is 2.38. The van der Waals surface area contributed by atoms with E-state index in [-0.39, 0.29) is 0 Å². The van der Waals surface area contributed by atoms with Crippen molar-refractivity contribution in [2.45, 2.75) is 13.5 Å². The first kappa shape index (κ1) is 12.3. The number of alkyl halides is 1. The zero-order valence-corrected chi connectivity index (χ0v) is 10.8. The summed E-state index contributed by atoms with van der Waals surface area (Å²) in [5.41, 5.74) is 2.17. The highest BCUT2D eigenvalue weighted by Gasteiger charge is 2.04. The van der Waals surface area contributed by atoms with Crippen LogP contribution in [0.15, 0.2) is 36.4 Å². The molecule has 90 valence electrons. The van der Waals surface area contributed by atoms with Gasteiger partial charge in [0.25, 0.3) is 0 Å². The van der Waals surface area contributed by atoms with Crippen LogP contribution in [-0.2, 0) is 6.54 Å². The fraction of sp³-hybridized carbons (Fsp3) is 0.357. The van der Waals surface area contributed by atoms with Gasteiger partial charge in [-0.1, -0.05) is 31.2 Å². The predicted molar refractivity (Wildman–Crippen MR) is 73.4 cm³/mol. The summed E-state index contributed by atoms with van der Waals surface area (Å²) >= 11 is 5.77. The quantitative estimate of drug-likeness (QED) is 0.755. The lowest BCUT2D eigenvalue weighted by Crippen LogP contribution is -2.25. The first-order valence-corrected chi connectivity index (χ1v) is 6.50. The molecule has 0 spiro atoms. The minimum Gasteiger partial charge on any atom is -0.297 e. The molecule has 0 amide bonds. The topological polar surface area (TPSA) is 16.1 Å². The van der Waals surface area contributed by atoms with E-state index < -0.39 is 0 Å². The van der Waals surface area contributed by atoms with Crippen molar-refractivity contribution in [1.29, 1.82) is 0 Å². The van der Waals surface area contributed by atoms with Gasteiger partial charge in [0.05, 0.1) is 11.2 Å². The SMILES string of the molecule is CCN(CCCl)Cc1ccc2ccccc2n1. The van der Waals surface area contributed by atoms with Crippen molar-refractivity contribution in [1.82, 2.24) is 9.88 Å². The Balaban J connectivity index is 2.18. The van der Waals surface area contributed by atoms with Crippen LogP contribution < -0.4 is 0 Å². The van der Waals surface area contributed by atoms with E-state index in [4.69, 9.17) is 11.6 Å². The summed E-state index contributed by atoms with van der Waals surface area (Å²) in [5.74, 6) is 0.668. The molecular formula is C14H17ClN2. The monoisotopic (exact) mass is 248 g/mol. The molecule has 0 bridgehead atoms. The molecule has 0 saturated carbocycles. The first-order valence-electron chi connectivity index (χ1n) is 5.96. The third kappa shape index (κ3) is 3.18. The number of benzene rings is 1. The van der Waals surface area contributed by atoms with Gasteiger partial charge in [-0.2, -0.15) is 0 Å². The Labute approximate surface area is 107 Å². The van der Waals surface area contributed by atoms with Crippen LogP contribution in [0.3, 0.4) is 0 Å². The summed E-state index contributed by atoms with van der Waals surface area (Å²) < 4.78 is 0. The molecule has 1 aromatic carbocycles. The maximum Gasteiger partial charge on any atom is 0.0705 e. The number of hydrogen-bond donors (Lipinski definition) is 0. The second-order valence-electron chi connectivity index (χ2n) is 4.05. The fourth-order valence-corrected chi connectivity index (χ4v) is 2.13. The van der Waals surface area contributed by atoms with Gasteiger partial charge >= 0.3 is 0 Å². The van der Waals surface area contributed by atoms with E-state index in [0.29, 0.717) is 5.88 Å². The van der Waals surface area contributed by atoms with E-state index in [1.165, 1.54) is 5.39 Å². The van der Waals surface area contributed by atoms with Gasteiger partial charge in [0.15, 0.2) is 0 Å². The number of hydrogen-bond acceptors (Lipinski definition) is 2. The summed E-state index contributed by atoms with van der Waals surface area (Å²) in [7, 11) is 0. The molecule has 0 unspecified atom stereocenters. The molecule has 0 saturated heterocycles. The van der Waals surface area contributed by atoms with Gasteiger partial charge in [-0.05, 0) is 18.7 Å². The van der Waals surface area contributed by atoms with Gasteiger partial charge in [-0.3, -0.25) is 9.88 Å². The predicted octanol–water partition coefficient (Wildman–Crippen LogP) is 3.30. The summed E-state index contributed by atoms with van der Waals surface area (Å²) in [6.07, 6.45) is 0. The maximum atomic E-state index is 5.77. The second-order valence-corrected chi connectivity index (χ2v) is 4.43. The number of para-hydroxylation sites is 1. The van der Waals surface area contributed by atoms with E-state index in [2.05, 4.69) is 41.1 Å². The van der Waals surface area contributed by atoms with Crippen LogP contribution in [0.4, 0.5) is 0 Å². The van der Waals surface area contributed by atoms with Gasteiger partial charge in [-0.15, -0.1) is 11.6 Å². The molecule has 0 fully saturated rings. The molecule has 2 nitrogen and oxygen atoms in total. The molecular weight excluding hydrogens is 232 g/mol. The maximum absolute atomic E-state index is 5.77. The van der Waals surface area contributed by atoms with E-state index in [9.17, 15) is 0 Å². The number of halogens is 1. The van der Waals surface area contributed by atoms with Crippen molar-refractivity contribution in [2.75, 3.05) is 19.0 Å². The lowest BCUT2D eigenvalue weighted by molar-refractivity contribution is 0.294. The van der Waals surface area contributed by atoms with E-state index in [1.54, 1.807) is 0 Å². The minimum absolute atomic E-state index is 0.668. The smallest absolute Gasteiger partial charge is 0.0705 e. The Hall–Kier alpha value is -1.12. The molecule has 3 heteroatoms. The summed E-state index contributed by atoms with van der Waals surface area (Å²) in [4.78, 5) is 6.96. The molecule has 0 aliphatic rings. The van der Waals surface area contributed by atoms with Gasteiger partial charge in [-0.25, -0.2) is 0 Å². The van der Waals surface area contributed by atoms with Crippen molar-refractivity contribution < 1.29 is 0 Å². The highest BCUT2D eigenvalue weighted by molar-refractivity contribution is 6.18. The highest BCUT2D eigenvalue weighted by Crippen LogP contribution is 2.12. The van der Waals surface area contributed by atoms with Crippen LogP contribution in [0, 0.1) is 0 Å². The molecule has 0 radical (unpaired) electrons. The Morgan fingerprint density at radius 2 is 2.00 bits per heavy atom. The third-order valence-electron chi connectivity index (χ3n) is 2.89. The molecule has 0 aliphatic heterocycles. The molecule has 1 aromatic heterocycles. The Bertz CT molecular complexity index is 484. The fourth-order valence-electron chi connectivity index (χ4n) is 1.89. The van der Waals surface area contributed by atoms with Crippen LogP contribution in [0.2, 0.25) is 0 Å². The molecule has 0 atom stereocenters. The molecule has 0 aliphatic carbocycles. The summed E-state index contributed by atoms with van der Waals surface area (Å²) in [6.45, 7) is 4.93. The van der Waals surface area contributed by atoms with Crippen LogP contribution in [-0.4, -0.2) is 28.9 Å². The molecule has 2 rings (SSSR count). The Kier molecular flexibility index (Phi) is 4.35. The van der Waals surface area contributed by atoms with Crippen molar-refractivity contribution in [3.8, 4) is 0 Å². The van der Waals surface area contributed by atoms with Crippen LogP contribution >= 0.6 is 11.6 Å². The van der Waals surface area contributed by atoms with Crippen molar-refractivity contribution in [2.24, 2.45) is 0 Å². The second kappa shape index (κ2) is 5.99. The molecule has 1 heterocycles. The Morgan fingerprint density at radius 3 is 2.76 bits per heavy atom. The van der Waals surface area contributed by atoms with Crippen LogP contribution in [0.25, 0.3) is 10.9 Å². The van der Waals surface area contributed by atoms with E-state index in [0.717, 1.165) is 30.8 Å². The zero-order chi connectivity index (χ0) is 12.1. The number of fused-ring (bicyclic) bond motifs is 1. The number of nitrogens with zero attached hydrogens (tertiary/aromatic N) is 2. The first-order chi connectivity index (χ1) is 8.33. The van der Waals surface area contributed by atoms with Crippen molar-refractivity contribution in [3.63, 3.8) is 0 Å². The number of pyridine rings is 1. The van der Waals surface area contributed by atoms with Crippen LogP contribution in [0.5, 0.6) is 0 Å². The van der Waals surface area contributed by atoms with Gasteiger partial charge in [0.1, 0.15) is 0 Å².